The maximum absolute atomic E-state index is 12.9. The minimum absolute atomic E-state index is 0.147. The third-order valence-corrected chi connectivity index (χ3v) is 6.38. The fourth-order valence-electron chi connectivity index (χ4n) is 4.71. The number of rotatable bonds is 4. The fourth-order valence-corrected chi connectivity index (χ4v) is 4.71. The minimum atomic E-state index is 0.147. The molecule has 2 aliphatic heterocycles. The van der Waals surface area contributed by atoms with Crippen LogP contribution >= 0.6 is 0 Å². The van der Waals surface area contributed by atoms with Crippen molar-refractivity contribution in [2.24, 2.45) is 5.92 Å². The van der Waals surface area contributed by atoms with Gasteiger partial charge < -0.3 is 24.0 Å². The van der Waals surface area contributed by atoms with Crippen molar-refractivity contribution in [1.29, 1.82) is 0 Å². The van der Waals surface area contributed by atoms with Gasteiger partial charge in [-0.1, -0.05) is 13.0 Å². The Morgan fingerprint density at radius 1 is 1.07 bits per heavy atom. The first-order chi connectivity index (χ1) is 13.7. The normalized spacial score (nSPS) is 25.9. The number of carbonyl (C=O) groups excluding carboxylic acids is 1. The zero-order chi connectivity index (χ0) is 19.5. The van der Waals surface area contributed by atoms with Gasteiger partial charge in [-0.2, -0.15) is 0 Å². The molecule has 2 amide bonds. The molecule has 6 nitrogen and oxygen atoms in total. The van der Waals surface area contributed by atoms with Gasteiger partial charge in [-0.25, -0.2) is 4.79 Å². The number of urea groups is 1. The van der Waals surface area contributed by atoms with Crippen LogP contribution in [-0.2, 0) is 4.74 Å². The molecule has 0 N–H and O–H groups in total. The van der Waals surface area contributed by atoms with Crippen LogP contribution in [-0.4, -0.2) is 68.4 Å². The standard InChI is InChI=1S/C22H32N2O4/c1-16-14-24(22(25)23-9-11-27-12-10-23)15-19(16)17-7-8-20(26-2)21(13-17)28-18-5-3-4-6-18/h7-8,13,16,18-19H,3-6,9-12,14-15H2,1-2H3/t16-,19+/m1/s1. The van der Waals surface area contributed by atoms with Crippen molar-refractivity contribution in [2.75, 3.05) is 46.5 Å². The lowest BCUT2D eigenvalue weighted by Crippen LogP contribution is -2.47. The number of hydrogen-bond acceptors (Lipinski definition) is 4. The Kier molecular flexibility index (Phi) is 5.95. The average molecular weight is 389 g/mol. The van der Waals surface area contributed by atoms with Gasteiger partial charge >= 0.3 is 6.03 Å². The van der Waals surface area contributed by atoms with Gasteiger partial charge in [-0.05, 0) is 49.3 Å². The summed E-state index contributed by atoms with van der Waals surface area (Å²) in [7, 11) is 1.69. The van der Waals surface area contributed by atoms with Crippen molar-refractivity contribution in [3.05, 3.63) is 23.8 Å². The van der Waals surface area contributed by atoms with E-state index in [1.165, 1.54) is 18.4 Å². The van der Waals surface area contributed by atoms with Crippen molar-refractivity contribution in [2.45, 2.75) is 44.6 Å². The quantitative estimate of drug-likeness (QED) is 0.792. The zero-order valence-corrected chi connectivity index (χ0v) is 17.1. The molecule has 1 aliphatic carbocycles. The second-order valence-corrected chi connectivity index (χ2v) is 8.31. The van der Waals surface area contributed by atoms with E-state index in [-0.39, 0.29) is 6.03 Å². The smallest absolute Gasteiger partial charge is 0.320 e. The van der Waals surface area contributed by atoms with Gasteiger partial charge in [0, 0.05) is 32.1 Å². The maximum atomic E-state index is 12.9. The van der Waals surface area contributed by atoms with Gasteiger partial charge in [-0.3, -0.25) is 0 Å². The lowest BCUT2D eigenvalue weighted by molar-refractivity contribution is 0.0449. The summed E-state index contributed by atoms with van der Waals surface area (Å²) in [5.74, 6) is 2.37. The van der Waals surface area contributed by atoms with Crippen molar-refractivity contribution in [3.63, 3.8) is 0 Å². The highest BCUT2D eigenvalue weighted by atomic mass is 16.5. The largest absolute Gasteiger partial charge is 0.493 e. The summed E-state index contributed by atoms with van der Waals surface area (Å²) >= 11 is 0. The first-order valence-electron chi connectivity index (χ1n) is 10.6. The molecule has 1 saturated carbocycles. The van der Waals surface area contributed by atoms with Crippen LogP contribution < -0.4 is 9.47 Å². The van der Waals surface area contributed by atoms with Gasteiger partial charge in [0.2, 0.25) is 0 Å². The fraction of sp³-hybridized carbons (Fsp3) is 0.682. The summed E-state index contributed by atoms with van der Waals surface area (Å²) in [6.07, 6.45) is 5.02. The van der Waals surface area contributed by atoms with E-state index in [1.807, 2.05) is 15.9 Å². The van der Waals surface area contributed by atoms with Gasteiger partial charge in [0.25, 0.3) is 0 Å². The van der Waals surface area contributed by atoms with Crippen molar-refractivity contribution < 1.29 is 19.0 Å². The summed E-state index contributed by atoms with van der Waals surface area (Å²) in [4.78, 5) is 16.8. The number of amides is 2. The Morgan fingerprint density at radius 2 is 1.82 bits per heavy atom. The van der Waals surface area contributed by atoms with Crippen LogP contribution in [0.5, 0.6) is 11.5 Å². The highest BCUT2D eigenvalue weighted by Gasteiger charge is 2.36. The van der Waals surface area contributed by atoms with E-state index in [1.54, 1.807) is 7.11 Å². The number of carbonyl (C=O) groups is 1. The molecular weight excluding hydrogens is 356 g/mol. The van der Waals surface area contributed by atoms with Crippen molar-refractivity contribution in [3.8, 4) is 11.5 Å². The molecule has 0 spiro atoms. The first kappa shape index (κ1) is 19.4. The predicted octanol–water partition coefficient (Wildman–Crippen LogP) is 3.50. The van der Waals surface area contributed by atoms with Crippen LogP contribution in [0.25, 0.3) is 0 Å². The number of likely N-dealkylation sites (tertiary alicyclic amines) is 1. The summed E-state index contributed by atoms with van der Waals surface area (Å²) in [6.45, 7) is 6.45. The zero-order valence-electron chi connectivity index (χ0n) is 17.1. The van der Waals surface area contributed by atoms with Crippen molar-refractivity contribution >= 4 is 6.03 Å². The molecule has 0 bridgehead atoms. The highest BCUT2D eigenvalue weighted by Crippen LogP contribution is 2.39. The molecular formula is C22H32N2O4. The molecule has 0 unspecified atom stereocenters. The summed E-state index contributed by atoms with van der Waals surface area (Å²) < 4.78 is 17.2. The Bertz CT molecular complexity index is 683. The monoisotopic (exact) mass is 388 g/mol. The van der Waals surface area contributed by atoms with E-state index in [0.29, 0.717) is 44.2 Å². The number of ether oxygens (including phenoxy) is 3. The number of benzene rings is 1. The molecule has 154 valence electrons. The van der Waals surface area contributed by atoms with E-state index in [9.17, 15) is 4.79 Å². The molecule has 1 aromatic rings. The van der Waals surface area contributed by atoms with Crippen LogP contribution in [0.2, 0.25) is 0 Å². The van der Waals surface area contributed by atoms with E-state index in [4.69, 9.17) is 14.2 Å². The Labute approximate surface area is 167 Å². The van der Waals surface area contributed by atoms with Crippen LogP contribution in [0, 0.1) is 5.92 Å². The van der Waals surface area contributed by atoms with Crippen molar-refractivity contribution in [1.82, 2.24) is 9.80 Å². The third-order valence-electron chi connectivity index (χ3n) is 6.38. The molecule has 2 saturated heterocycles. The molecule has 1 aromatic carbocycles. The maximum Gasteiger partial charge on any atom is 0.320 e. The van der Waals surface area contributed by atoms with Crippen LogP contribution in [0.1, 0.15) is 44.1 Å². The molecule has 2 heterocycles. The summed E-state index contributed by atoms with van der Waals surface area (Å²) in [5.41, 5.74) is 1.23. The number of morpholine rings is 1. The molecule has 4 rings (SSSR count). The molecule has 2 atom stereocenters. The number of methoxy groups -OCH3 is 1. The predicted molar refractivity (Wildman–Crippen MR) is 107 cm³/mol. The molecule has 3 aliphatic rings. The lowest BCUT2D eigenvalue weighted by atomic mass is 9.90. The lowest BCUT2D eigenvalue weighted by Gasteiger charge is -2.31. The first-order valence-corrected chi connectivity index (χ1v) is 10.6. The summed E-state index contributed by atoms with van der Waals surface area (Å²) in [5, 5.41) is 0. The van der Waals surface area contributed by atoms with Gasteiger partial charge in [0.05, 0.1) is 26.4 Å². The molecule has 28 heavy (non-hydrogen) atoms. The minimum Gasteiger partial charge on any atom is -0.493 e. The molecule has 0 radical (unpaired) electrons. The third kappa shape index (κ3) is 4.07. The highest BCUT2D eigenvalue weighted by molar-refractivity contribution is 5.75. The van der Waals surface area contributed by atoms with Crippen LogP contribution in [0.4, 0.5) is 4.79 Å². The van der Waals surface area contributed by atoms with E-state index in [0.717, 1.165) is 37.4 Å². The van der Waals surface area contributed by atoms with Gasteiger partial charge in [0.15, 0.2) is 11.5 Å². The van der Waals surface area contributed by atoms with Gasteiger partial charge in [-0.15, -0.1) is 0 Å². The Morgan fingerprint density at radius 3 is 2.54 bits per heavy atom. The number of nitrogens with zero attached hydrogens (tertiary/aromatic N) is 2. The Hall–Kier alpha value is -1.95. The molecule has 6 heteroatoms. The number of hydrogen-bond donors (Lipinski definition) is 0. The van der Waals surface area contributed by atoms with Crippen LogP contribution in [0.15, 0.2) is 18.2 Å². The SMILES string of the molecule is COc1ccc([C@H]2CN(C(=O)N3CCOCC3)C[C@H]2C)cc1OC1CCCC1. The topological polar surface area (TPSA) is 51.2 Å². The van der Waals surface area contributed by atoms with E-state index >= 15 is 0 Å². The Balaban J connectivity index is 1.47. The summed E-state index contributed by atoms with van der Waals surface area (Å²) in [6, 6.07) is 6.43. The van der Waals surface area contributed by atoms with E-state index in [2.05, 4.69) is 19.1 Å². The molecule has 3 fully saturated rings. The van der Waals surface area contributed by atoms with E-state index < -0.39 is 0 Å². The second kappa shape index (κ2) is 8.60. The van der Waals surface area contributed by atoms with Gasteiger partial charge in [0.1, 0.15) is 0 Å². The second-order valence-electron chi connectivity index (χ2n) is 8.31. The molecule has 0 aromatic heterocycles. The average Bonchev–Trinajstić information content (AvgIpc) is 3.37. The van der Waals surface area contributed by atoms with Crippen LogP contribution in [0.3, 0.4) is 0 Å².